The summed E-state index contributed by atoms with van der Waals surface area (Å²) in [5, 5.41) is 14.5. The van der Waals surface area contributed by atoms with Crippen molar-refractivity contribution in [3.05, 3.63) is 162 Å². The van der Waals surface area contributed by atoms with Gasteiger partial charge >= 0.3 is 0 Å². The molecule has 230 valence electrons. The van der Waals surface area contributed by atoms with Crippen molar-refractivity contribution in [3.63, 3.8) is 0 Å². The molecule has 2 heterocycles. The van der Waals surface area contributed by atoms with Gasteiger partial charge in [-0.1, -0.05) is 135 Å². The van der Waals surface area contributed by atoms with Crippen LogP contribution in [0.15, 0.2) is 146 Å². The Hall–Kier alpha value is -5.60. The summed E-state index contributed by atoms with van der Waals surface area (Å²) in [6, 6.07) is 49.5. The van der Waals surface area contributed by atoms with Crippen molar-refractivity contribution in [1.82, 2.24) is 4.57 Å². The number of rotatable bonds is 3. The maximum Gasteiger partial charge on any atom is 0.0606 e. The number of fused-ring (bicyclic) bond motifs is 11. The first-order valence-electron chi connectivity index (χ1n) is 17.2. The number of allylic oxidation sites excluding steroid dienone is 4. The van der Waals surface area contributed by atoms with Crippen LogP contribution in [0.2, 0.25) is 0 Å². The van der Waals surface area contributed by atoms with E-state index in [4.69, 9.17) is 0 Å². The number of hydrogen-bond donors (Lipinski definition) is 1. The fourth-order valence-electron chi connectivity index (χ4n) is 8.91. The topological polar surface area (TPSA) is 17.0 Å². The van der Waals surface area contributed by atoms with Gasteiger partial charge in [-0.2, -0.15) is 0 Å². The number of nitrogens with one attached hydrogen (secondary N) is 1. The molecule has 0 saturated carbocycles. The van der Waals surface area contributed by atoms with Crippen molar-refractivity contribution >= 4 is 71.1 Å². The van der Waals surface area contributed by atoms with Gasteiger partial charge in [0.2, 0.25) is 0 Å². The van der Waals surface area contributed by atoms with Gasteiger partial charge < -0.3 is 9.88 Å². The van der Waals surface area contributed by atoms with Crippen LogP contribution >= 0.6 is 0 Å². The molecule has 1 aliphatic heterocycles. The van der Waals surface area contributed by atoms with Gasteiger partial charge in [-0.3, -0.25) is 0 Å². The molecule has 0 saturated heterocycles. The van der Waals surface area contributed by atoms with Crippen LogP contribution in [-0.2, 0) is 5.41 Å². The normalized spacial score (nSPS) is 17.2. The quantitative estimate of drug-likeness (QED) is 0.195. The smallest absolute Gasteiger partial charge is 0.0606 e. The monoisotopic (exact) mass is 616 g/mol. The van der Waals surface area contributed by atoms with Crippen LogP contribution in [0.5, 0.6) is 0 Å². The molecule has 7 aromatic carbocycles. The molecule has 2 heteroatoms. The molecule has 1 N–H and O–H groups in total. The Kier molecular flexibility index (Phi) is 5.84. The predicted octanol–water partition coefficient (Wildman–Crippen LogP) is 12.4. The van der Waals surface area contributed by atoms with E-state index in [0.717, 1.165) is 12.8 Å². The molecule has 48 heavy (non-hydrogen) atoms. The second-order valence-corrected chi connectivity index (χ2v) is 14.1. The largest absolute Gasteiger partial charge is 0.377 e. The number of para-hydroxylation sites is 1. The van der Waals surface area contributed by atoms with Crippen molar-refractivity contribution in [2.24, 2.45) is 0 Å². The minimum atomic E-state index is -0.101. The molecule has 2 aliphatic rings. The standard InChI is InChI=1S/C46H36N2/c1-46(2)43-41(47-45(46)30-12-4-3-5-13-30)27-26-39-38-18-10-11-19-42(38)48(44(39)43)32-23-20-29(21-24-32)31-22-25-37-35-16-7-6-14-33(35)34-15-8-9-17-36(34)40(37)28-31/h3-20,22-23,25-28,45,47H,21,24H2,1-2H3. The molecule has 1 atom stereocenters. The van der Waals surface area contributed by atoms with Crippen molar-refractivity contribution in [2.45, 2.75) is 38.1 Å². The van der Waals surface area contributed by atoms with Gasteiger partial charge in [0.15, 0.2) is 0 Å². The summed E-state index contributed by atoms with van der Waals surface area (Å²) in [5.41, 5.74) is 10.6. The van der Waals surface area contributed by atoms with E-state index >= 15 is 0 Å². The average molecular weight is 617 g/mol. The van der Waals surface area contributed by atoms with Gasteiger partial charge in [0, 0.05) is 33.1 Å². The SMILES string of the molecule is CC1(C)c2c(ccc3c4ccccc4n(C4=CC=C(c5ccc6c7ccccc7c7ccccc7c6c5)CC4)c23)NC1c1ccccc1. The van der Waals surface area contributed by atoms with Crippen molar-refractivity contribution in [3.8, 4) is 0 Å². The Morgan fingerprint density at radius 2 is 1.17 bits per heavy atom. The van der Waals surface area contributed by atoms with E-state index in [9.17, 15) is 0 Å². The summed E-state index contributed by atoms with van der Waals surface area (Å²) in [5.74, 6) is 0. The van der Waals surface area contributed by atoms with Crippen LogP contribution < -0.4 is 5.32 Å². The van der Waals surface area contributed by atoms with E-state index in [1.54, 1.807) is 0 Å². The number of aromatic nitrogens is 1. The maximum absolute atomic E-state index is 3.93. The molecule has 0 fully saturated rings. The predicted molar refractivity (Wildman–Crippen MR) is 206 cm³/mol. The highest BCUT2D eigenvalue weighted by atomic mass is 15.0. The average Bonchev–Trinajstić information content (AvgIpc) is 3.62. The first kappa shape index (κ1) is 27.5. The maximum atomic E-state index is 3.93. The number of benzene rings is 7. The Balaban J connectivity index is 1.14. The van der Waals surface area contributed by atoms with Crippen molar-refractivity contribution in [2.75, 3.05) is 5.32 Å². The van der Waals surface area contributed by atoms with Gasteiger partial charge in [0.05, 0.1) is 17.1 Å². The Bertz CT molecular complexity index is 2630. The van der Waals surface area contributed by atoms with Crippen LogP contribution in [0.3, 0.4) is 0 Å². The molecule has 10 rings (SSSR count). The molecule has 1 aliphatic carbocycles. The fraction of sp³-hybridized carbons (Fsp3) is 0.130. The molecule has 0 bridgehead atoms. The third kappa shape index (κ3) is 3.86. The van der Waals surface area contributed by atoms with Gasteiger partial charge in [-0.15, -0.1) is 0 Å². The van der Waals surface area contributed by atoms with E-state index in [-0.39, 0.29) is 11.5 Å². The molecular weight excluding hydrogens is 581 g/mol. The summed E-state index contributed by atoms with van der Waals surface area (Å²) in [6.07, 6.45) is 6.75. The third-order valence-electron chi connectivity index (χ3n) is 11.2. The zero-order valence-electron chi connectivity index (χ0n) is 27.3. The van der Waals surface area contributed by atoms with E-state index < -0.39 is 0 Å². The molecule has 1 unspecified atom stereocenters. The van der Waals surface area contributed by atoms with Gasteiger partial charge in [0.25, 0.3) is 0 Å². The number of nitrogens with zero attached hydrogens (tertiary/aromatic N) is 1. The number of hydrogen-bond acceptors (Lipinski definition) is 1. The lowest BCUT2D eigenvalue weighted by molar-refractivity contribution is 0.476. The zero-order chi connectivity index (χ0) is 32.0. The Labute approximate surface area is 280 Å². The van der Waals surface area contributed by atoms with E-state index in [1.165, 1.54) is 87.8 Å². The minimum Gasteiger partial charge on any atom is -0.377 e. The molecule has 0 amide bonds. The summed E-state index contributed by atoms with van der Waals surface area (Å²) in [4.78, 5) is 0. The highest BCUT2D eigenvalue weighted by Crippen LogP contribution is 2.53. The van der Waals surface area contributed by atoms with Crippen LogP contribution in [0.4, 0.5) is 5.69 Å². The van der Waals surface area contributed by atoms with E-state index in [2.05, 4.69) is 169 Å². The summed E-state index contributed by atoms with van der Waals surface area (Å²) in [7, 11) is 0. The third-order valence-corrected chi connectivity index (χ3v) is 11.2. The van der Waals surface area contributed by atoms with E-state index in [0.29, 0.717) is 0 Å². The molecule has 0 radical (unpaired) electrons. The molecule has 0 spiro atoms. The first-order chi connectivity index (χ1) is 23.6. The van der Waals surface area contributed by atoms with Crippen molar-refractivity contribution < 1.29 is 0 Å². The minimum absolute atomic E-state index is 0.101. The molecule has 2 nitrogen and oxygen atoms in total. The van der Waals surface area contributed by atoms with Gasteiger partial charge in [-0.05, 0) is 86.1 Å². The van der Waals surface area contributed by atoms with Gasteiger partial charge in [-0.25, -0.2) is 0 Å². The molecule has 8 aromatic rings. The van der Waals surface area contributed by atoms with E-state index in [1.807, 2.05) is 0 Å². The Morgan fingerprint density at radius 3 is 1.85 bits per heavy atom. The Morgan fingerprint density at radius 1 is 0.562 bits per heavy atom. The second kappa shape index (κ2) is 10.2. The summed E-state index contributed by atoms with van der Waals surface area (Å²) < 4.78 is 2.58. The zero-order valence-corrected chi connectivity index (χ0v) is 27.3. The first-order valence-corrected chi connectivity index (χ1v) is 17.2. The van der Waals surface area contributed by atoms with Gasteiger partial charge in [0.1, 0.15) is 0 Å². The highest BCUT2D eigenvalue weighted by Gasteiger charge is 2.42. The van der Waals surface area contributed by atoms with Crippen LogP contribution in [0.25, 0.3) is 65.4 Å². The van der Waals surface area contributed by atoms with Crippen LogP contribution in [0, 0.1) is 0 Å². The summed E-state index contributed by atoms with van der Waals surface area (Å²) in [6.45, 7) is 4.82. The van der Waals surface area contributed by atoms with Crippen molar-refractivity contribution in [1.29, 1.82) is 0 Å². The van der Waals surface area contributed by atoms with Crippen LogP contribution in [-0.4, -0.2) is 4.57 Å². The number of anilines is 1. The molecular formula is C46H36N2. The summed E-state index contributed by atoms with van der Waals surface area (Å²) >= 11 is 0. The lowest BCUT2D eigenvalue weighted by atomic mass is 9.77. The highest BCUT2D eigenvalue weighted by molar-refractivity contribution is 6.25. The lowest BCUT2D eigenvalue weighted by Crippen LogP contribution is -2.25. The lowest BCUT2D eigenvalue weighted by Gasteiger charge is -2.29. The molecule has 1 aromatic heterocycles. The fourth-order valence-corrected chi connectivity index (χ4v) is 8.91. The van der Waals surface area contributed by atoms with Crippen LogP contribution in [0.1, 0.15) is 49.4 Å². The second-order valence-electron chi connectivity index (χ2n) is 14.1.